The molecule has 2 aromatic carbocycles. The highest BCUT2D eigenvalue weighted by Gasteiger charge is 2.53. The van der Waals surface area contributed by atoms with E-state index in [0.717, 1.165) is 102 Å². The number of carbonyl (C=O) groups is 2. The molecule has 2 amide bonds. The summed E-state index contributed by atoms with van der Waals surface area (Å²) in [6.07, 6.45) is 8.06. The summed E-state index contributed by atoms with van der Waals surface area (Å²) in [5.74, 6) is -3.45. The zero-order valence-corrected chi connectivity index (χ0v) is 31.8. The highest BCUT2D eigenvalue weighted by molar-refractivity contribution is 5.88. The van der Waals surface area contributed by atoms with Crippen LogP contribution in [0.2, 0.25) is 0 Å². The van der Waals surface area contributed by atoms with Gasteiger partial charge in [-0.25, -0.2) is 18.0 Å². The Morgan fingerprint density at radius 1 is 0.889 bits per heavy atom. The molecule has 0 bridgehead atoms. The zero-order valence-electron chi connectivity index (χ0n) is 31.8. The molecule has 1 unspecified atom stereocenters. The van der Waals surface area contributed by atoms with Gasteiger partial charge >= 0.3 is 6.09 Å². The van der Waals surface area contributed by atoms with E-state index in [1.807, 2.05) is 25.1 Å². The first-order valence-corrected chi connectivity index (χ1v) is 20.0. The largest absolute Gasteiger partial charge is 0.465 e. The zero-order chi connectivity index (χ0) is 38.0. The minimum Gasteiger partial charge on any atom is -0.465 e. The Morgan fingerprint density at radius 2 is 1.61 bits per heavy atom. The number of alkyl halides is 2. The van der Waals surface area contributed by atoms with E-state index in [9.17, 15) is 19.1 Å². The number of halogens is 3. The topological polar surface area (TPSA) is 82.6 Å². The summed E-state index contributed by atoms with van der Waals surface area (Å²) in [4.78, 5) is 34.9. The minimum atomic E-state index is -3.00. The number of hydrogen-bond donors (Lipinski definition) is 2. The maximum atomic E-state index is 15.4. The van der Waals surface area contributed by atoms with E-state index < -0.39 is 17.9 Å². The van der Waals surface area contributed by atoms with Gasteiger partial charge in [0.05, 0.1) is 5.92 Å². The van der Waals surface area contributed by atoms with Gasteiger partial charge in [0.25, 0.3) is 5.92 Å². The number of benzene rings is 2. The number of anilines is 1. The van der Waals surface area contributed by atoms with Crippen LogP contribution in [0.5, 0.6) is 0 Å². The predicted octanol–water partition coefficient (Wildman–Crippen LogP) is 5.72. The van der Waals surface area contributed by atoms with E-state index in [2.05, 4.69) is 26.1 Å². The number of rotatable bonds is 14. The summed E-state index contributed by atoms with van der Waals surface area (Å²) in [5, 5.41) is 12.6. The number of amides is 2. The maximum absolute atomic E-state index is 15.4. The van der Waals surface area contributed by atoms with Crippen LogP contribution in [0, 0.1) is 29.5 Å². The second-order valence-corrected chi connectivity index (χ2v) is 16.9. The Balaban J connectivity index is 0.937. The van der Waals surface area contributed by atoms with Crippen LogP contribution in [0.25, 0.3) is 0 Å². The van der Waals surface area contributed by atoms with Gasteiger partial charge in [0.15, 0.2) is 0 Å². The molecule has 0 spiro atoms. The average Bonchev–Trinajstić information content (AvgIpc) is 3.53. The average molecular weight is 751 g/mol. The molecule has 7 rings (SSSR count). The Hall–Kier alpha value is -3.61. The lowest BCUT2D eigenvalue weighted by Gasteiger charge is -2.54. The number of nitrogens with zero attached hydrogens (tertiary/aromatic N) is 5. The van der Waals surface area contributed by atoms with E-state index in [1.165, 1.54) is 17.0 Å². The van der Waals surface area contributed by atoms with Crippen molar-refractivity contribution < 1.29 is 27.9 Å². The third kappa shape index (κ3) is 8.16. The number of carboxylic acid groups (broad SMARTS) is 1. The maximum Gasteiger partial charge on any atom is 0.404 e. The van der Waals surface area contributed by atoms with Crippen molar-refractivity contribution in [3.05, 3.63) is 77.6 Å². The van der Waals surface area contributed by atoms with Crippen molar-refractivity contribution in [3.8, 4) is 0 Å². The molecule has 54 heavy (non-hydrogen) atoms. The number of likely N-dealkylation sites (N-methyl/N-ethyl adjacent to an activating group) is 1. The number of piperidine rings is 1. The van der Waals surface area contributed by atoms with Gasteiger partial charge in [-0.2, -0.15) is 0 Å². The Labute approximate surface area is 318 Å². The molecule has 0 radical (unpaired) electrons. The molecular formula is C42H57F3N6O3. The van der Waals surface area contributed by atoms with Gasteiger partial charge in [-0.1, -0.05) is 36.8 Å². The first-order chi connectivity index (χ1) is 25.9. The molecular weight excluding hydrogens is 693 g/mol. The van der Waals surface area contributed by atoms with E-state index in [1.54, 1.807) is 36.4 Å². The summed E-state index contributed by atoms with van der Waals surface area (Å²) in [6.45, 7) is 8.25. The summed E-state index contributed by atoms with van der Waals surface area (Å²) in [5.41, 5.74) is 1.63. The summed E-state index contributed by atoms with van der Waals surface area (Å²) in [7, 11) is 3.81. The normalized spacial score (nSPS) is 24.7. The van der Waals surface area contributed by atoms with Crippen LogP contribution >= 0.6 is 0 Å². The lowest BCUT2D eigenvalue weighted by molar-refractivity contribution is -0.151. The van der Waals surface area contributed by atoms with Crippen molar-refractivity contribution in [3.63, 3.8) is 0 Å². The van der Waals surface area contributed by atoms with E-state index in [-0.39, 0.29) is 47.8 Å². The lowest BCUT2D eigenvalue weighted by Crippen LogP contribution is -2.60. The van der Waals surface area contributed by atoms with Gasteiger partial charge in [-0.15, -0.1) is 0 Å². The molecule has 2 N–H and O–H groups in total. The second-order valence-electron chi connectivity index (χ2n) is 16.9. The molecule has 12 heteroatoms. The van der Waals surface area contributed by atoms with Gasteiger partial charge < -0.3 is 34.9 Å². The quantitative estimate of drug-likeness (QED) is 0.239. The molecule has 1 aliphatic carbocycles. The minimum absolute atomic E-state index is 0.00228. The molecule has 5 aliphatic rings. The van der Waals surface area contributed by atoms with Crippen LogP contribution in [0.15, 0.2) is 60.7 Å². The molecule has 9 nitrogen and oxygen atoms in total. The van der Waals surface area contributed by atoms with Crippen LogP contribution in [0.4, 0.5) is 23.7 Å². The fourth-order valence-electron chi connectivity index (χ4n) is 10.1. The van der Waals surface area contributed by atoms with Gasteiger partial charge in [0, 0.05) is 80.5 Å². The van der Waals surface area contributed by atoms with Crippen molar-refractivity contribution >= 4 is 17.7 Å². The highest BCUT2D eigenvalue weighted by atomic mass is 19.3. The third-order valence-corrected chi connectivity index (χ3v) is 13.1. The van der Waals surface area contributed by atoms with Crippen molar-refractivity contribution in [2.45, 2.75) is 55.9 Å². The SMILES string of the molecule is CN(C)C/C=C/C(=O)N1CC(C(F)(F)c2ccc(N3CC(CN4CCC(C(CN5CCC5)(c5cccc(F)c5)[C@H]5CCC[C@@H]5NC(=O)O)CC4)C3)cc2)C1. The predicted molar refractivity (Wildman–Crippen MR) is 204 cm³/mol. The Morgan fingerprint density at radius 3 is 2.24 bits per heavy atom. The Bertz CT molecular complexity index is 1630. The van der Waals surface area contributed by atoms with Gasteiger partial charge in [0.2, 0.25) is 5.91 Å². The van der Waals surface area contributed by atoms with Crippen LogP contribution < -0.4 is 10.2 Å². The molecule has 4 saturated heterocycles. The van der Waals surface area contributed by atoms with Crippen LogP contribution in [-0.2, 0) is 16.1 Å². The molecule has 0 aromatic heterocycles. The summed E-state index contributed by atoms with van der Waals surface area (Å²) < 4.78 is 45.7. The fraction of sp³-hybridized carbons (Fsp3) is 0.619. The molecule has 2 aromatic rings. The number of carbonyl (C=O) groups excluding carboxylic acids is 1. The number of nitrogens with one attached hydrogen (secondary N) is 1. The first-order valence-electron chi connectivity index (χ1n) is 20.0. The molecule has 5 fully saturated rings. The van der Waals surface area contributed by atoms with Gasteiger partial charge in [-0.3, -0.25) is 4.79 Å². The van der Waals surface area contributed by atoms with Gasteiger partial charge in [0.1, 0.15) is 5.82 Å². The van der Waals surface area contributed by atoms with Crippen molar-refractivity contribution in [2.24, 2.45) is 23.7 Å². The molecule has 4 aliphatic heterocycles. The standard InChI is InChI=1S/C42H57F3N6O3/c1-47(2)18-5-11-39(52)51-27-34(28-51)42(44,45)32-12-14-36(15-13-32)50-25-30(26-50)24-48-21-16-31(17-22-48)41(29-49-19-6-20-49,33-7-3-8-35(43)23-33)37-9-4-10-38(37)46-40(53)54/h3,5,7-8,11-15,23,30-31,34,37-38,46H,4,6,9-10,16-22,24-29H2,1-2H3,(H,53,54)/b11-5+/t37-,38-,41?/m0/s1. The lowest BCUT2D eigenvalue weighted by atomic mass is 9.57. The van der Waals surface area contributed by atoms with Crippen LogP contribution in [0.1, 0.15) is 49.7 Å². The molecule has 4 heterocycles. The van der Waals surface area contributed by atoms with Crippen molar-refractivity contribution in [1.29, 1.82) is 0 Å². The molecule has 294 valence electrons. The van der Waals surface area contributed by atoms with Crippen molar-refractivity contribution in [2.75, 3.05) is 91.0 Å². The molecule has 3 atom stereocenters. The number of likely N-dealkylation sites (tertiary alicyclic amines) is 3. The fourth-order valence-corrected chi connectivity index (χ4v) is 10.1. The van der Waals surface area contributed by atoms with Crippen LogP contribution in [-0.4, -0.2) is 129 Å². The third-order valence-electron chi connectivity index (χ3n) is 13.1. The Kier molecular flexibility index (Phi) is 11.6. The second kappa shape index (κ2) is 16.2. The van der Waals surface area contributed by atoms with E-state index in [0.29, 0.717) is 18.4 Å². The monoisotopic (exact) mass is 750 g/mol. The van der Waals surface area contributed by atoms with Crippen molar-refractivity contribution in [1.82, 2.24) is 24.9 Å². The van der Waals surface area contributed by atoms with E-state index >= 15 is 8.78 Å². The van der Waals surface area contributed by atoms with Gasteiger partial charge in [-0.05, 0) is 114 Å². The first kappa shape index (κ1) is 38.7. The number of hydrogen-bond acceptors (Lipinski definition) is 6. The highest BCUT2D eigenvalue weighted by Crippen LogP contribution is 2.51. The molecule has 1 saturated carbocycles. The summed E-state index contributed by atoms with van der Waals surface area (Å²) in [6, 6.07) is 13.7. The summed E-state index contributed by atoms with van der Waals surface area (Å²) >= 11 is 0. The van der Waals surface area contributed by atoms with E-state index in [4.69, 9.17) is 0 Å². The smallest absolute Gasteiger partial charge is 0.404 e. The van der Waals surface area contributed by atoms with Crippen LogP contribution in [0.3, 0.4) is 0 Å².